The Morgan fingerprint density at radius 3 is 2.39 bits per heavy atom. The van der Waals surface area contributed by atoms with Gasteiger partial charge in [-0.05, 0) is 62.9 Å². The fraction of sp³-hybridized carbons (Fsp3) is 1.00. The number of rotatable bonds is 4. The molecule has 0 aromatic rings. The van der Waals surface area contributed by atoms with Crippen molar-refractivity contribution in [1.29, 1.82) is 0 Å². The van der Waals surface area contributed by atoms with Gasteiger partial charge in [0.15, 0.2) is 0 Å². The minimum atomic E-state index is 0.817. The lowest BCUT2D eigenvalue weighted by Crippen LogP contribution is -2.48. The highest BCUT2D eigenvalue weighted by molar-refractivity contribution is 4.96. The molecule has 0 radical (unpaired) electrons. The van der Waals surface area contributed by atoms with E-state index in [2.05, 4.69) is 24.1 Å². The van der Waals surface area contributed by atoms with Crippen LogP contribution in [0.1, 0.15) is 52.4 Å². The number of piperidine rings is 1. The van der Waals surface area contributed by atoms with Gasteiger partial charge in [-0.25, -0.2) is 0 Å². The second kappa shape index (κ2) is 5.50. The monoisotopic (exact) mass is 250 g/mol. The summed E-state index contributed by atoms with van der Waals surface area (Å²) >= 11 is 0. The fourth-order valence-corrected chi connectivity index (χ4v) is 4.55. The maximum absolute atomic E-state index is 4.00. The van der Waals surface area contributed by atoms with Gasteiger partial charge in [-0.15, -0.1) is 0 Å². The highest BCUT2D eigenvalue weighted by Crippen LogP contribution is 2.44. The summed E-state index contributed by atoms with van der Waals surface area (Å²) in [6.07, 6.45) is 8.80. The molecule has 2 bridgehead atoms. The van der Waals surface area contributed by atoms with Crippen LogP contribution in [0.3, 0.4) is 0 Å². The number of nitrogens with zero attached hydrogens (tertiary/aromatic N) is 1. The first-order valence-corrected chi connectivity index (χ1v) is 8.19. The average Bonchev–Trinajstić information content (AvgIpc) is 2.93. The number of fused-ring (bicyclic) bond motifs is 2. The van der Waals surface area contributed by atoms with Crippen molar-refractivity contribution in [2.24, 2.45) is 17.8 Å². The van der Waals surface area contributed by atoms with E-state index in [9.17, 15) is 0 Å². The minimum absolute atomic E-state index is 0.817. The Bertz CT molecular complexity index is 268. The summed E-state index contributed by atoms with van der Waals surface area (Å²) in [6, 6.07) is 1.70. The standard InChI is InChI=1S/C16H30N2/c1-12(2)11-18-7-5-15(6-8-18)17-16-10-13-3-4-14(16)9-13/h12-17H,3-11H2,1-2H3. The molecule has 3 rings (SSSR count). The van der Waals surface area contributed by atoms with Crippen molar-refractivity contribution < 1.29 is 0 Å². The van der Waals surface area contributed by atoms with Crippen LogP contribution in [-0.2, 0) is 0 Å². The Balaban J connectivity index is 1.40. The lowest BCUT2D eigenvalue weighted by atomic mass is 9.93. The number of likely N-dealkylation sites (tertiary alicyclic amines) is 1. The Hall–Kier alpha value is -0.0800. The molecule has 0 aromatic heterocycles. The van der Waals surface area contributed by atoms with Crippen LogP contribution in [0.5, 0.6) is 0 Å². The van der Waals surface area contributed by atoms with Gasteiger partial charge in [-0.3, -0.25) is 0 Å². The van der Waals surface area contributed by atoms with Crippen LogP contribution in [0.2, 0.25) is 0 Å². The summed E-state index contributed by atoms with van der Waals surface area (Å²) in [6.45, 7) is 8.59. The molecule has 3 aliphatic rings. The summed E-state index contributed by atoms with van der Waals surface area (Å²) in [5, 5.41) is 4.00. The summed E-state index contributed by atoms with van der Waals surface area (Å²) in [5.74, 6) is 2.93. The maximum Gasteiger partial charge on any atom is 0.0101 e. The molecule has 104 valence electrons. The molecule has 3 unspecified atom stereocenters. The third-order valence-corrected chi connectivity index (χ3v) is 5.40. The van der Waals surface area contributed by atoms with Crippen molar-refractivity contribution in [3.63, 3.8) is 0 Å². The van der Waals surface area contributed by atoms with Crippen molar-refractivity contribution in [2.75, 3.05) is 19.6 Å². The van der Waals surface area contributed by atoms with Crippen molar-refractivity contribution in [2.45, 2.75) is 64.5 Å². The van der Waals surface area contributed by atoms with Crippen LogP contribution >= 0.6 is 0 Å². The van der Waals surface area contributed by atoms with Gasteiger partial charge in [0.25, 0.3) is 0 Å². The first kappa shape index (κ1) is 12.9. The van der Waals surface area contributed by atoms with Crippen LogP contribution in [-0.4, -0.2) is 36.6 Å². The van der Waals surface area contributed by atoms with Crippen molar-refractivity contribution in [1.82, 2.24) is 10.2 Å². The molecule has 0 amide bonds. The van der Waals surface area contributed by atoms with E-state index in [-0.39, 0.29) is 0 Å². The smallest absolute Gasteiger partial charge is 0.0101 e. The van der Waals surface area contributed by atoms with E-state index in [4.69, 9.17) is 0 Å². The van der Waals surface area contributed by atoms with Gasteiger partial charge in [-0.1, -0.05) is 20.3 Å². The Morgan fingerprint density at radius 1 is 1.06 bits per heavy atom. The van der Waals surface area contributed by atoms with Crippen LogP contribution in [0, 0.1) is 17.8 Å². The van der Waals surface area contributed by atoms with Gasteiger partial charge >= 0.3 is 0 Å². The van der Waals surface area contributed by atoms with Gasteiger partial charge in [0.1, 0.15) is 0 Å². The second-order valence-electron chi connectivity index (χ2n) is 7.42. The van der Waals surface area contributed by atoms with Gasteiger partial charge < -0.3 is 10.2 Å². The van der Waals surface area contributed by atoms with E-state index >= 15 is 0 Å². The quantitative estimate of drug-likeness (QED) is 0.825. The molecular weight excluding hydrogens is 220 g/mol. The zero-order valence-corrected chi connectivity index (χ0v) is 12.2. The topological polar surface area (TPSA) is 15.3 Å². The van der Waals surface area contributed by atoms with Gasteiger partial charge in [0, 0.05) is 18.6 Å². The lowest BCUT2D eigenvalue weighted by Gasteiger charge is -2.36. The summed E-state index contributed by atoms with van der Waals surface area (Å²) in [7, 11) is 0. The summed E-state index contributed by atoms with van der Waals surface area (Å²) in [4.78, 5) is 2.66. The van der Waals surface area contributed by atoms with Gasteiger partial charge in [0.05, 0.1) is 0 Å². The molecule has 18 heavy (non-hydrogen) atoms. The molecular formula is C16H30N2. The molecule has 1 aliphatic heterocycles. The van der Waals surface area contributed by atoms with Gasteiger partial charge in [0.2, 0.25) is 0 Å². The number of hydrogen-bond donors (Lipinski definition) is 1. The van der Waals surface area contributed by atoms with E-state index < -0.39 is 0 Å². The second-order valence-corrected chi connectivity index (χ2v) is 7.42. The predicted octanol–water partition coefficient (Wildman–Crippen LogP) is 2.89. The van der Waals surface area contributed by atoms with Crippen LogP contribution < -0.4 is 5.32 Å². The summed E-state index contributed by atoms with van der Waals surface area (Å²) < 4.78 is 0. The Labute approximate surface area is 113 Å². The maximum atomic E-state index is 4.00. The van der Waals surface area contributed by atoms with Crippen LogP contribution in [0.4, 0.5) is 0 Å². The van der Waals surface area contributed by atoms with E-state index in [1.54, 1.807) is 0 Å². The predicted molar refractivity (Wildman–Crippen MR) is 76.7 cm³/mol. The van der Waals surface area contributed by atoms with Gasteiger partial charge in [-0.2, -0.15) is 0 Å². The van der Waals surface area contributed by atoms with Crippen LogP contribution in [0.15, 0.2) is 0 Å². The van der Waals surface area contributed by atoms with E-state index in [1.807, 2.05) is 0 Å². The van der Waals surface area contributed by atoms with Crippen molar-refractivity contribution in [3.8, 4) is 0 Å². The third kappa shape index (κ3) is 2.91. The highest BCUT2D eigenvalue weighted by Gasteiger charge is 2.40. The highest BCUT2D eigenvalue weighted by atomic mass is 15.1. The number of nitrogens with one attached hydrogen (secondary N) is 1. The normalized spacial score (nSPS) is 37.8. The Morgan fingerprint density at radius 2 is 1.83 bits per heavy atom. The fourth-order valence-electron chi connectivity index (χ4n) is 4.55. The molecule has 1 heterocycles. The molecule has 0 aromatic carbocycles. The van der Waals surface area contributed by atoms with Crippen molar-refractivity contribution in [3.05, 3.63) is 0 Å². The first-order valence-electron chi connectivity index (χ1n) is 8.19. The molecule has 2 saturated carbocycles. The third-order valence-electron chi connectivity index (χ3n) is 5.40. The zero-order valence-electron chi connectivity index (χ0n) is 12.2. The molecule has 1 N–H and O–H groups in total. The van der Waals surface area contributed by atoms with E-state index in [0.717, 1.165) is 29.8 Å². The molecule has 2 nitrogen and oxygen atoms in total. The molecule has 0 spiro atoms. The number of hydrogen-bond acceptors (Lipinski definition) is 2. The Kier molecular flexibility index (Phi) is 3.95. The summed E-state index contributed by atoms with van der Waals surface area (Å²) in [5.41, 5.74) is 0. The largest absolute Gasteiger partial charge is 0.311 e. The lowest BCUT2D eigenvalue weighted by molar-refractivity contribution is 0.167. The van der Waals surface area contributed by atoms with Crippen LogP contribution in [0.25, 0.3) is 0 Å². The molecule has 3 fully saturated rings. The van der Waals surface area contributed by atoms with E-state index in [0.29, 0.717) is 0 Å². The molecule has 3 atom stereocenters. The molecule has 2 aliphatic carbocycles. The molecule has 1 saturated heterocycles. The first-order chi connectivity index (χ1) is 8.70. The zero-order chi connectivity index (χ0) is 12.5. The SMILES string of the molecule is CC(C)CN1CCC(NC2CC3CCC2C3)CC1. The molecule has 2 heteroatoms. The van der Waals surface area contributed by atoms with Crippen molar-refractivity contribution >= 4 is 0 Å². The minimum Gasteiger partial charge on any atom is -0.311 e. The van der Waals surface area contributed by atoms with E-state index in [1.165, 1.54) is 58.2 Å². The average molecular weight is 250 g/mol.